The molecule has 1 heterocycles. The molecule has 1 aliphatic heterocycles. The molecule has 106 valence electrons. The topological polar surface area (TPSA) is 3.24 Å². The highest BCUT2D eigenvalue weighted by molar-refractivity contribution is 5.41. The largest absolute Gasteiger partial charge is 0.296 e. The van der Waals surface area contributed by atoms with Gasteiger partial charge in [0.05, 0.1) is 0 Å². The van der Waals surface area contributed by atoms with E-state index in [2.05, 4.69) is 71.6 Å². The Morgan fingerprint density at radius 1 is 1.16 bits per heavy atom. The maximum absolute atomic E-state index is 2.58. The Morgan fingerprint density at radius 2 is 1.79 bits per heavy atom. The molecule has 1 aromatic carbocycles. The Balaban J connectivity index is 2.46. The zero-order chi connectivity index (χ0) is 14.4. The van der Waals surface area contributed by atoms with Crippen molar-refractivity contribution < 1.29 is 0 Å². The van der Waals surface area contributed by atoms with Gasteiger partial charge in [-0.05, 0) is 36.0 Å². The number of hydrogen-bond donors (Lipinski definition) is 0. The van der Waals surface area contributed by atoms with Gasteiger partial charge >= 0.3 is 0 Å². The van der Waals surface area contributed by atoms with Gasteiger partial charge in [-0.1, -0.05) is 52.8 Å². The van der Waals surface area contributed by atoms with Crippen LogP contribution in [0.2, 0.25) is 0 Å². The Bertz CT molecular complexity index is 463. The van der Waals surface area contributed by atoms with Crippen LogP contribution in [-0.4, -0.2) is 17.5 Å². The number of nitrogens with zero attached hydrogens (tertiary/aromatic N) is 1. The lowest BCUT2D eigenvalue weighted by Crippen LogP contribution is -2.45. The summed E-state index contributed by atoms with van der Waals surface area (Å²) in [4.78, 5) is 2.58. The Kier molecular flexibility index (Phi) is 3.55. The summed E-state index contributed by atoms with van der Waals surface area (Å²) in [6, 6.07) is 7.74. The molecule has 0 radical (unpaired) electrons. The standard InChI is InChI=1S/C18H29N/c1-13(2)19-11-14-8-9-15(17(3,4)5)10-16(14)18(6,7)12-19/h8-10,13H,11-12H2,1-7H3. The van der Waals surface area contributed by atoms with Crippen LogP contribution in [0.25, 0.3) is 0 Å². The zero-order valence-electron chi connectivity index (χ0n) is 13.7. The summed E-state index contributed by atoms with van der Waals surface area (Å²) in [6.45, 7) is 18.5. The average Bonchev–Trinajstić information content (AvgIpc) is 2.26. The summed E-state index contributed by atoms with van der Waals surface area (Å²) in [7, 11) is 0. The molecule has 1 aromatic rings. The predicted molar refractivity (Wildman–Crippen MR) is 83.7 cm³/mol. The normalized spacial score (nSPS) is 19.6. The van der Waals surface area contributed by atoms with Crippen molar-refractivity contribution in [3.63, 3.8) is 0 Å². The molecule has 0 unspecified atom stereocenters. The molecule has 0 saturated heterocycles. The maximum Gasteiger partial charge on any atom is 0.0239 e. The van der Waals surface area contributed by atoms with Crippen molar-refractivity contribution in [3.05, 3.63) is 34.9 Å². The fourth-order valence-corrected chi connectivity index (χ4v) is 3.04. The fraction of sp³-hybridized carbons (Fsp3) is 0.667. The minimum absolute atomic E-state index is 0.236. The molecule has 0 spiro atoms. The molecule has 1 nitrogen and oxygen atoms in total. The highest BCUT2D eigenvalue weighted by Gasteiger charge is 2.33. The van der Waals surface area contributed by atoms with Crippen LogP contribution in [0.5, 0.6) is 0 Å². The Labute approximate surface area is 119 Å². The van der Waals surface area contributed by atoms with Gasteiger partial charge in [0.2, 0.25) is 0 Å². The third-order valence-electron chi connectivity index (χ3n) is 4.41. The maximum atomic E-state index is 2.58. The first kappa shape index (κ1) is 14.6. The summed E-state index contributed by atoms with van der Waals surface area (Å²) in [5.74, 6) is 0. The van der Waals surface area contributed by atoms with Crippen molar-refractivity contribution in [2.75, 3.05) is 6.54 Å². The van der Waals surface area contributed by atoms with Crippen molar-refractivity contribution in [1.82, 2.24) is 4.90 Å². The summed E-state index contributed by atoms with van der Waals surface area (Å²) >= 11 is 0. The second kappa shape index (κ2) is 4.63. The van der Waals surface area contributed by atoms with Gasteiger partial charge in [0.25, 0.3) is 0 Å². The Hall–Kier alpha value is -0.820. The van der Waals surface area contributed by atoms with E-state index in [1.54, 1.807) is 5.56 Å². The molecule has 2 rings (SSSR count). The third-order valence-corrected chi connectivity index (χ3v) is 4.41. The molecular weight excluding hydrogens is 230 g/mol. The van der Waals surface area contributed by atoms with Crippen LogP contribution in [0.1, 0.15) is 65.2 Å². The van der Waals surface area contributed by atoms with Crippen LogP contribution in [0.15, 0.2) is 18.2 Å². The van der Waals surface area contributed by atoms with E-state index in [0.29, 0.717) is 6.04 Å². The van der Waals surface area contributed by atoms with Gasteiger partial charge in [-0.2, -0.15) is 0 Å². The molecular formula is C18H29N. The molecule has 0 aliphatic carbocycles. The summed E-state index contributed by atoms with van der Waals surface area (Å²) in [5.41, 5.74) is 5.01. The SMILES string of the molecule is CC(C)N1Cc2ccc(C(C)(C)C)cc2C(C)(C)C1. The lowest BCUT2D eigenvalue weighted by Gasteiger charge is -2.42. The minimum atomic E-state index is 0.236. The first-order valence-corrected chi connectivity index (χ1v) is 7.49. The van der Waals surface area contributed by atoms with Gasteiger partial charge in [-0.3, -0.25) is 4.90 Å². The zero-order valence-corrected chi connectivity index (χ0v) is 13.7. The lowest BCUT2D eigenvalue weighted by atomic mass is 9.75. The van der Waals surface area contributed by atoms with E-state index in [-0.39, 0.29) is 10.8 Å². The predicted octanol–water partition coefficient (Wildman–Crippen LogP) is 4.49. The first-order chi connectivity index (χ1) is 8.61. The van der Waals surface area contributed by atoms with E-state index in [9.17, 15) is 0 Å². The van der Waals surface area contributed by atoms with Crippen molar-refractivity contribution in [2.45, 2.75) is 71.9 Å². The van der Waals surface area contributed by atoms with Gasteiger partial charge in [-0.15, -0.1) is 0 Å². The van der Waals surface area contributed by atoms with Crippen LogP contribution >= 0.6 is 0 Å². The van der Waals surface area contributed by atoms with Crippen molar-refractivity contribution in [2.24, 2.45) is 0 Å². The van der Waals surface area contributed by atoms with Gasteiger partial charge < -0.3 is 0 Å². The second-order valence-electron chi connectivity index (χ2n) is 8.00. The molecule has 0 aromatic heterocycles. The van der Waals surface area contributed by atoms with E-state index >= 15 is 0 Å². The molecule has 0 bridgehead atoms. The number of fused-ring (bicyclic) bond motifs is 1. The van der Waals surface area contributed by atoms with E-state index in [1.807, 2.05) is 0 Å². The fourth-order valence-electron chi connectivity index (χ4n) is 3.04. The summed E-state index contributed by atoms with van der Waals surface area (Å²) in [5, 5.41) is 0. The minimum Gasteiger partial charge on any atom is -0.296 e. The van der Waals surface area contributed by atoms with Gasteiger partial charge in [0.15, 0.2) is 0 Å². The van der Waals surface area contributed by atoms with Crippen molar-refractivity contribution >= 4 is 0 Å². The van der Waals surface area contributed by atoms with Gasteiger partial charge in [0, 0.05) is 24.5 Å². The second-order valence-corrected chi connectivity index (χ2v) is 8.00. The quantitative estimate of drug-likeness (QED) is 0.718. The van der Waals surface area contributed by atoms with Gasteiger partial charge in [-0.25, -0.2) is 0 Å². The van der Waals surface area contributed by atoms with Crippen LogP contribution in [0, 0.1) is 0 Å². The van der Waals surface area contributed by atoms with Crippen molar-refractivity contribution in [1.29, 1.82) is 0 Å². The molecule has 1 heteroatoms. The van der Waals surface area contributed by atoms with Crippen LogP contribution in [0.4, 0.5) is 0 Å². The first-order valence-electron chi connectivity index (χ1n) is 7.49. The monoisotopic (exact) mass is 259 g/mol. The highest BCUT2D eigenvalue weighted by Crippen LogP contribution is 2.36. The number of benzene rings is 1. The smallest absolute Gasteiger partial charge is 0.0239 e. The van der Waals surface area contributed by atoms with Gasteiger partial charge in [0.1, 0.15) is 0 Å². The van der Waals surface area contributed by atoms with Crippen LogP contribution < -0.4 is 0 Å². The number of rotatable bonds is 1. The van der Waals surface area contributed by atoms with Crippen LogP contribution in [0.3, 0.4) is 0 Å². The molecule has 0 amide bonds. The lowest BCUT2D eigenvalue weighted by molar-refractivity contribution is 0.154. The molecule has 0 fully saturated rings. The molecule has 19 heavy (non-hydrogen) atoms. The average molecular weight is 259 g/mol. The third kappa shape index (κ3) is 2.86. The van der Waals surface area contributed by atoms with Crippen molar-refractivity contribution in [3.8, 4) is 0 Å². The molecule has 0 N–H and O–H groups in total. The van der Waals surface area contributed by atoms with E-state index in [0.717, 1.165) is 13.1 Å². The molecule has 1 aliphatic rings. The van der Waals surface area contributed by atoms with E-state index < -0.39 is 0 Å². The molecule has 0 saturated carbocycles. The van der Waals surface area contributed by atoms with E-state index in [4.69, 9.17) is 0 Å². The highest BCUT2D eigenvalue weighted by atomic mass is 15.2. The Morgan fingerprint density at radius 3 is 2.32 bits per heavy atom. The van der Waals surface area contributed by atoms with Crippen LogP contribution in [-0.2, 0) is 17.4 Å². The van der Waals surface area contributed by atoms with E-state index in [1.165, 1.54) is 11.1 Å². The summed E-state index contributed by atoms with van der Waals surface area (Å²) < 4.78 is 0. The molecule has 0 atom stereocenters. The number of hydrogen-bond acceptors (Lipinski definition) is 1. The summed E-state index contributed by atoms with van der Waals surface area (Å²) in [6.07, 6.45) is 0.